The van der Waals surface area contributed by atoms with Crippen molar-refractivity contribution >= 4 is 22.6 Å². The number of hydrogen-bond acceptors (Lipinski definition) is 1. The lowest BCUT2D eigenvalue weighted by atomic mass is 9.98. The average Bonchev–Trinajstić information content (AvgIpc) is 2.43. The first kappa shape index (κ1) is 15.4. The largest absolute Gasteiger partial charge is 0.310 e. The summed E-state index contributed by atoms with van der Waals surface area (Å²) in [6, 6.07) is 11.5. The lowest BCUT2D eigenvalue weighted by molar-refractivity contribution is 0.520. The van der Waals surface area contributed by atoms with E-state index in [9.17, 15) is 8.78 Å². The molecule has 2 rings (SSSR count). The van der Waals surface area contributed by atoms with E-state index >= 15 is 0 Å². The Kier molecular flexibility index (Phi) is 5.48. The summed E-state index contributed by atoms with van der Waals surface area (Å²) in [6.45, 7) is 2.78. The smallest absolute Gasteiger partial charge is 0.126 e. The van der Waals surface area contributed by atoms with E-state index in [-0.39, 0.29) is 11.9 Å². The normalized spacial score (nSPS) is 12.4. The molecule has 0 heterocycles. The van der Waals surface area contributed by atoms with Crippen LogP contribution in [0.4, 0.5) is 8.78 Å². The van der Waals surface area contributed by atoms with Crippen LogP contribution in [0.25, 0.3) is 0 Å². The monoisotopic (exact) mass is 387 g/mol. The van der Waals surface area contributed by atoms with Gasteiger partial charge in [-0.05, 0) is 70.9 Å². The van der Waals surface area contributed by atoms with Crippen LogP contribution in [0.3, 0.4) is 0 Å². The van der Waals surface area contributed by atoms with Crippen molar-refractivity contribution in [3.05, 3.63) is 68.8 Å². The zero-order valence-corrected chi connectivity index (χ0v) is 13.3. The number of likely N-dealkylation sites (N-methyl/N-ethyl adjacent to an activating group) is 1. The van der Waals surface area contributed by atoms with Crippen LogP contribution in [0.1, 0.15) is 24.1 Å². The molecule has 1 nitrogen and oxygen atoms in total. The molecule has 0 bridgehead atoms. The van der Waals surface area contributed by atoms with Gasteiger partial charge in [0.2, 0.25) is 0 Å². The molecule has 0 saturated carbocycles. The SMILES string of the molecule is CCNC(Cc1cc(F)ccc1F)c1ccccc1I. The predicted molar refractivity (Wildman–Crippen MR) is 85.6 cm³/mol. The van der Waals surface area contributed by atoms with Crippen LogP contribution in [0.15, 0.2) is 42.5 Å². The van der Waals surface area contributed by atoms with Crippen molar-refractivity contribution in [2.45, 2.75) is 19.4 Å². The molecule has 0 aliphatic carbocycles. The van der Waals surface area contributed by atoms with Crippen molar-refractivity contribution in [2.75, 3.05) is 6.54 Å². The molecule has 0 aliphatic heterocycles. The minimum Gasteiger partial charge on any atom is -0.310 e. The van der Waals surface area contributed by atoms with Crippen LogP contribution in [0.5, 0.6) is 0 Å². The Morgan fingerprint density at radius 2 is 1.90 bits per heavy atom. The maximum Gasteiger partial charge on any atom is 0.126 e. The Labute approximate surface area is 131 Å². The summed E-state index contributed by atoms with van der Waals surface area (Å²) >= 11 is 2.27. The summed E-state index contributed by atoms with van der Waals surface area (Å²) in [7, 11) is 0. The van der Waals surface area contributed by atoms with E-state index in [0.717, 1.165) is 21.7 Å². The van der Waals surface area contributed by atoms with Crippen molar-refractivity contribution < 1.29 is 8.78 Å². The zero-order chi connectivity index (χ0) is 14.5. The summed E-state index contributed by atoms with van der Waals surface area (Å²) in [6.07, 6.45) is 0.428. The summed E-state index contributed by atoms with van der Waals surface area (Å²) in [5, 5.41) is 3.34. The summed E-state index contributed by atoms with van der Waals surface area (Å²) < 4.78 is 28.2. The Morgan fingerprint density at radius 1 is 1.15 bits per heavy atom. The molecule has 0 saturated heterocycles. The lowest BCUT2D eigenvalue weighted by Crippen LogP contribution is -2.24. The minimum absolute atomic E-state index is 0.0237. The molecule has 1 N–H and O–H groups in total. The topological polar surface area (TPSA) is 12.0 Å². The summed E-state index contributed by atoms with van der Waals surface area (Å²) in [4.78, 5) is 0. The van der Waals surface area contributed by atoms with E-state index in [4.69, 9.17) is 0 Å². The highest BCUT2D eigenvalue weighted by Gasteiger charge is 2.16. The van der Waals surface area contributed by atoms with Crippen LogP contribution in [0.2, 0.25) is 0 Å². The molecule has 0 aromatic heterocycles. The first-order valence-electron chi connectivity index (χ1n) is 6.53. The van der Waals surface area contributed by atoms with Gasteiger partial charge in [-0.3, -0.25) is 0 Å². The van der Waals surface area contributed by atoms with Crippen LogP contribution >= 0.6 is 22.6 Å². The fourth-order valence-corrected chi connectivity index (χ4v) is 2.98. The molecule has 0 radical (unpaired) electrons. The molecule has 0 amide bonds. The van der Waals surface area contributed by atoms with Gasteiger partial charge in [-0.1, -0.05) is 25.1 Å². The van der Waals surface area contributed by atoms with Crippen molar-refractivity contribution in [1.82, 2.24) is 5.32 Å². The Hall–Kier alpha value is -1.01. The van der Waals surface area contributed by atoms with Crippen LogP contribution in [0, 0.1) is 15.2 Å². The first-order valence-corrected chi connectivity index (χ1v) is 7.61. The van der Waals surface area contributed by atoms with Gasteiger partial charge in [0, 0.05) is 9.61 Å². The molecule has 0 fully saturated rings. The molecule has 20 heavy (non-hydrogen) atoms. The molecular weight excluding hydrogens is 371 g/mol. The van der Waals surface area contributed by atoms with Crippen molar-refractivity contribution in [3.8, 4) is 0 Å². The van der Waals surface area contributed by atoms with Crippen LogP contribution in [-0.4, -0.2) is 6.54 Å². The number of halogens is 3. The van der Waals surface area contributed by atoms with Gasteiger partial charge in [-0.25, -0.2) is 8.78 Å². The van der Waals surface area contributed by atoms with E-state index in [2.05, 4.69) is 27.9 Å². The molecular formula is C16H16F2IN. The van der Waals surface area contributed by atoms with Gasteiger partial charge in [-0.2, -0.15) is 0 Å². The van der Waals surface area contributed by atoms with Crippen LogP contribution < -0.4 is 5.32 Å². The highest BCUT2D eigenvalue weighted by Crippen LogP contribution is 2.24. The third-order valence-corrected chi connectivity index (χ3v) is 4.15. The van der Waals surface area contributed by atoms with E-state index in [1.54, 1.807) is 0 Å². The van der Waals surface area contributed by atoms with Gasteiger partial charge in [0.1, 0.15) is 11.6 Å². The van der Waals surface area contributed by atoms with Crippen molar-refractivity contribution in [3.63, 3.8) is 0 Å². The maximum atomic E-state index is 13.8. The van der Waals surface area contributed by atoms with E-state index in [1.807, 2.05) is 31.2 Å². The molecule has 2 aromatic carbocycles. The molecule has 2 aromatic rings. The number of benzene rings is 2. The van der Waals surface area contributed by atoms with Gasteiger partial charge in [-0.15, -0.1) is 0 Å². The fourth-order valence-electron chi connectivity index (χ4n) is 2.22. The predicted octanol–water partition coefficient (Wildman–Crippen LogP) is 4.46. The number of hydrogen-bond donors (Lipinski definition) is 1. The second-order valence-electron chi connectivity index (χ2n) is 4.57. The minimum atomic E-state index is -0.403. The highest BCUT2D eigenvalue weighted by molar-refractivity contribution is 14.1. The van der Waals surface area contributed by atoms with Gasteiger partial charge < -0.3 is 5.32 Å². The first-order chi connectivity index (χ1) is 9.61. The molecule has 1 unspecified atom stereocenters. The second-order valence-corrected chi connectivity index (χ2v) is 5.73. The number of rotatable bonds is 5. The van der Waals surface area contributed by atoms with Gasteiger partial charge >= 0.3 is 0 Å². The molecule has 0 aliphatic rings. The average molecular weight is 387 g/mol. The molecule has 4 heteroatoms. The lowest BCUT2D eigenvalue weighted by Gasteiger charge is -2.20. The fraction of sp³-hybridized carbons (Fsp3) is 0.250. The molecule has 0 spiro atoms. The molecule has 1 atom stereocenters. The van der Waals surface area contributed by atoms with E-state index < -0.39 is 5.82 Å². The van der Waals surface area contributed by atoms with E-state index in [0.29, 0.717) is 12.0 Å². The Balaban J connectivity index is 2.30. The zero-order valence-electron chi connectivity index (χ0n) is 11.2. The maximum absolute atomic E-state index is 13.8. The summed E-state index contributed by atoms with van der Waals surface area (Å²) in [5.41, 5.74) is 1.51. The highest BCUT2D eigenvalue weighted by atomic mass is 127. The quantitative estimate of drug-likeness (QED) is 0.747. The Bertz CT molecular complexity index is 586. The van der Waals surface area contributed by atoms with Crippen LogP contribution in [-0.2, 0) is 6.42 Å². The van der Waals surface area contributed by atoms with Crippen molar-refractivity contribution in [1.29, 1.82) is 0 Å². The van der Waals surface area contributed by atoms with Crippen molar-refractivity contribution in [2.24, 2.45) is 0 Å². The van der Waals surface area contributed by atoms with Gasteiger partial charge in [0.15, 0.2) is 0 Å². The third-order valence-electron chi connectivity index (χ3n) is 3.16. The standard InChI is InChI=1S/C16H16F2IN/c1-2-20-16(13-5-3-4-6-15(13)19)10-11-9-12(17)7-8-14(11)18/h3-9,16,20H,2,10H2,1H3. The third kappa shape index (κ3) is 3.76. The second kappa shape index (κ2) is 7.13. The van der Waals surface area contributed by atoms with E-state index in [1.165, 1.54) is 12.1 Å². The molecule has 106 valence electrons. The number of nitrogens with one attached hydrogen (secondary N) is 1. The van der Waals surface area contributed by atoms with Gasteiger partial charge in [0.05, 0.1) is 0 Å². The summed E-state index contributed by atoms with van der Waals surface area (Å²) in [5.74, 6) is -0.764. The van der Waals surface area contributed by atoms with Gasteiger partial charge in [0.25, 0.3) is 0 Å². The Morgan fingerprint density at radius 3 is 2.60 bits per heavy atom.